The van der Waals surface area contributed by atoms with E-state index in [2.05, 4.69) is 77.1 Å². The monoisotopic (exact) mass is 518 g/mol. The van der Waals surface area contributed by atoms with Gasteiger partial charge in [0.2, 0.25) is 0 Å². The average molecular weight is 519 g/mol. The number of rotatable bonds is 10. The van der Waals surface area contributed by atoms with Crippen molar-refractivity contribution in [3.63, 3.8) is 0 Å². The summed E-state index contributed by atoms with van der Waals surface area (Å²) < 4.78 is 0. The minimum atomic E-state index is -0.0945. The van der Waals surface area contributed by atoms with Crippen LogP contribution in [0.2, 0.25) is 0 Å². The van der Waals surface area contributed by atoms with Crippen LogP contribution in [0, 0.1) is 24.7 Å². The van der Waals surface area contributed by atoms with Crippen LogP contribution in [0.3, 0.4) is 0 Å². The molecule has 3 heteroatoms. The number of ketones is 3. The summed E-state index contributed by atoms with van der Waals surface area (Å²) in [6.07, 6.45) is 20.1. The van der Waals surface area contributed by atoms with Crippen molar-refractivity contribution in [3.8, 4) is 0 Å². The summed E-state index contributed by atoms with van der Waals surface area (Å²) in [5.41, 5.74) is 5.78. The summed E-state index contributed by atoms with van der Waals surface area (Å²) in [6, 6.07) is 4.33. The van der Waals surface area contributed by atoms with Crippen LogP contribution in [-0.2, 0) is 16.0 Å². The number of carbonyl (C=O) groups excluding carboxylic acids is 3. The normalized spacial score (nSPS) is 21.7. The molecule has 0 spiro atoms. The van der Waals surface area contributed by atoms with Crippen molar-refractivity contribution in [2.45, 2.75) is 112 Å². The summed E-state index contributed by atoms with van der Waals surface area (Å²) in [4.78, 5) is 38.0. The van der Waals surface area contributed by atoms with Gasteiger partial charge in [0.25, 0.3) is 0 Å². The maximum Gasteiger partial charge on any atom is 0.163 e. The first-order valence-corrected chi connectivity index (χ1v) is 15.0. The number of Topliss-reactive ketones (excluding diaryl/α,β-unsaturated/α-hetero) is 3. The predicted octanol–water partition coefficient (Wildman–Crippen LogP) is 9.22. The number of carbonyl (C=O) groups is 3. The highest BCUT2D eigenvalue weighted by Gasteiger charge is 2.34. The van der Waals surface area contributed by atoms with Crippen molar-refractivity contribution in [2.24, 2.45) is 17.8 Å². The fourth-order valence-electron chi connectivity index (χ4n) is 6.17. The Morgan fingerprint density at radius 1 is 1.03 bits per heavy atom. The van der Waals surface area contributed by atoms with E-state index in [0.29, 0.717) is 6.42 Å². The number of allylic oxidation sites excluding steroid dienone is 6. The molecule has 0 amide bonds. The molecule has 3 atom stereocenters. The highest BCUT2D eigenvalue weighted by atomic mass is 16.1. The summed E-state index contributed by atoms with van der Waals surface area (Å²) in [5, 5.41) is 0. The maximum atomic E-state index is 13.4. The smallest absolute Gasteiger partial charge is 0.163 e. The molecule has 0 saturated heterocycles. The average Bonchev–Trinajstić information content (AvgIpc) is 2.99. The second-order valence-corrected chi connectivity index (χ2v) is 11.2. The molecule has 2 aliphatic carbocycles. The van der Waals surface area contributed by atoms with Crippen molar-refractivity contribution < 1.29 is 14.4 Å². The molecule has 0 bridgehead atoms. The van der Waals surface area contributed by atoms with E-state index in [9.17, 15) is 14.4 Å². The third-order valence-corrected chi connectivity index (χ3v) is 7.72. The van der Waals surface area contributed by atoms with E-state index in [1.807, 2.05) is 0 Å². The number of hydrogen-bond donors (Lipinski definition) is 0. The highest BCUT2D eigenvalue weighted by molar-refractivity contribution is 6.01. The van der Waals surface area contributed by atoms with Gasteiger partial charge in [-0.3, -0.25) is 14.4 Å². The van der Waals surface area contributed by atoms with Crippen molar-refractivity contribution in [2.75, 3.05) is 0 Å². The number of hydrogen-bond acceptors (Lipinski definition) is 3. The maximum absolute atomic E-state index is 13.4. The second kappa shape index (κ2) is 16.4. The van der Waals surface area contributed by atoms with Gasteiger partial charge in [0.05, 0.1) is 6.42 Å². The Morgan fingerprint density at radius 2 is 1.74 bits per heavy atom. The van der Waals surface area contributed by atoms with Gasteiger partial charge in [0, 0.05) is 17.9 Å². The van der Waals surface area contributed by atoms with Gasteiger partial charge >= 0.3 is 0 Å². The van der Waals surface area contributed by atoms with E-state index in [1.54, 1.807) is 0 Å². The van der Waals surface area contributed by atoms with E-state index < -0.39 is 0 Å². The van der Waals surface area contributed by atoms with Crippen LogP contribution < -0.4 is 0 Å². The lowest BCUT2D eigenvalue weighted by molar-refractivity contribution is -0.129. The Kier molecular flexibility index (Phi) is 13.7. The van der Waals surface area contributed by atoms with Gasteiger partial charge in [-0.1, -0.05) is 89.5 Å². The molecule has 208 valence electrons. The molecule has 0 radical (unpaired) electrons. The summed E-state index contributed by atoms with van der Waals surface area (Å²) >= 11 is 0. The Hall–Kier alpha value is -2.55. The zero-order chi connectivity index (χ0) is 28.1. The van der Waals surface area contributed by atoms with Crippen LogP contribution >= 0.6 is 0 Å². The van der Waals surface area contributed by atoms with Crippen LogP contribution in [0.15, 0.2) is 42.5 Å². The summed E-state index contributed by atoms with van der Waals surface area (Å²) in [6.45, 7) is 12.0. The van der Waals surface area contributed by atoms with E-state index >= 15 is 0 Å². The molecule has 3 unspecified atom stereocenters. The second-order valence-electron chi connectivity index (χ2n) is 11.2. The van der Waals surface area contributed by atoms with Crippen molar-refractivity contribution in [1.82, 2.24) is 0 Å². The van der Waals surface area contributed by atoms with Crippen LogP contribution in [0.5, 0.6) is 0 Å². The lowest BCUT2D eigenvalue weighted by Gasteiger charge is -2.33. The Balaban J connectivity index is 0.00000161. The molecule has 0 saturated carbocycles. The summed E-state index contributed by atoms with van der Waals surface area (Å²) in [7, 11) is 0. The SMILES string of the molecule is CCC.CCCC(CC1CC(=O)c2c(C)ccc(/C3=C/C/C=C\C=C/CC3)c2C1)C(CC)C(=O)CC(C)=O. The van der Waals surface area contributed by atoms with Gasteiger partial charge in [-0.2, -0.15) is 0 Å². The predicted molar refractivity (Wildman–Crippen MR) is 160 cm³/mol. The van der Waals surface area contributed by atoms with Crippen LogP contribution in [0.25, 0.3) is 5.57 Å². The standard InChI is InChI=1S/C32H42O3.C3H8/c1-5-13-26(27(6-2)30(34)18-23(4)33)19-24-20-29-28(17-16-22(3)32(29)31(35)21-24)25-14-11-9-7-8-10-12-15-25;1-3-2/h7-10,14,16-17,24,26-27H,5-6,11-13,15,18-21H2,1-4H3;3H2,1-2H3/b9-7-,10-8-,25-14+;. The molecule has 0 N–H and O–H groups in total. The molecule has 3 nitrogen and oxygen atoms in total. The molecule has 2 aliphatic rings. The lowest BCUT2D eigenvalue weighted by atomic mass is 9.71. The molecule has 1 aromatic rings. The van der Waals surface area contributed by atoms with Crippen molar-refractivity contribution in [3.05, 3.63) is 64.8 Å². The molecule has 38 heavy (non-hydrogen) atoms. The first-order chi connectivity index (χ1) is 18.3. The topological polar surface area (TPSA) is 51.2 Å². The van der Waals surface area contributed by atoms with Crippen molar-refractivity contribution in [1.29, 1.82) is 0 Å². The Morgan fingerprint density at radius 3 is 2.39 bits per heavy atom. The fraction of sp³-hybridized carbons (Fsp3) is 0.571. The van der Waals surface area contributed by atoms with Gasteiger partial charge < -0.3 is 0 Å². The van der Waals surface area contributed by atoms with Gasteiger partial charge in [-0.15, -0.1) is 0 Å². The van der Waals surface area contributed by atoms with Gasteiger partial charge in [0.1, 0.15) is 11.6 Å². The zero-order valence-corrected chi connectivity index (χ0v) is 24.8. The minimum Gasteiger partial charge on any atom is -0.300 e. The van der Waals surface area contributed by atoms with Crippen LogP contribution in [0.1, 0.15) is 126 Å². The first kappa shape index (κ1) is 31.7. The quantitative estimate of drug-likeness (QED) is 0.290. The third-order valence-electron chi connectivity index (χ3n) is 7.72. The molecule has 0 aliphatic heterocycles. The van der Waals surface area contributed by atoms with Gasteiger partial charge in [0.15, 0.2) is 5.78 Å². The van der Waals surface area contributed by atoms with E-state index in [0.717, 1.165) is 62.5 Å². The Bertz CT molecular complexity index is 1040. The Labute approximate surface area is 231 Å². The fourth-order valence-corrected chi connectivity index (χ4v) is 6.17. The molecule has 0 heterocycles. The molecule has 3 rings (SSSR count). The number of fused-ring (bicyclic) bond motifs is 1. The molecule has 0 aromatic heterocycles. The molecule has 0 fully saturated rings. The molecular formula is C35H50O3. The minimum absolute atomic E-state index is 0.0333. The lowest BCUT2D eigenvalue weighted by Crippen LogP contribution is -2.30. The largest absolute Gasteiger partial charge is 0.300 e. The van der Waals surface area contributed by atoms with E-state index in [4.69, 9.17) is 0 Å². The summed E-state index contributed by atoms with van der Waals surface area (Å²) in [5.74, 6) is 0.639. The van der Waals surface area contributed by atoms with Crippen LogP contribution in [0.4, 0.5) is 0 Å². The highest BCUT2D eigenvalue weighted by Crippen LogP contribution is 2.39. The number of benzene rings is 1. The molecular weight excluding hydrogens is 468 g/mol. The van der Waals surface area contributed by atoms with E-state index in [1.165, 1.54) is 30.0 Å². The zero-order valence-electron chi connectivity index (χ0n) is 24.8. The first-order valence-electron chi connectivity index (χ1n) is 15.0. The molecule has 1 aromatic carbocycles. The van der Waals surface area contributed by atoms with Gasteiger partial charge in [-0.25, -0.2) is 0 Å². The van der Waals surface area contributed by atoms with E-state index in [-0.39, 0.29) is 41.5 Å². The van der Waals surface area contributed by atoms with Crippen LogP contribution in [-0.4, -0.2) is 17.3 Å². The number of aryl methyl sites for hydroxylation is 1. The van der Waals surface area contributed by atoms with Gasteiger partial charge in [-0.05, 0) is 86.5 Å². The van der Waals surface area contributed by atoms with Crippen molar-refractivity contribution >= 4 is 22.9 Å². The third kappa shape index (κ3) is 9.03.